The van der Waals surface area contributed by atoms with E-state index in [2.05, 4.69) is 20.6 Å². The molecule has 4 amide bonds. The molecule has 0 radical (unpaired) electrons. The second-order valence-corrected chi connectivity index (χ2v) is 17.9. The van der Waals surface area contributed by atoms with Crippen molar-refractivity contribution in [3.8, 4) is 5.75 Å². The molecule has 6 atom stereocenters. The molecule has 2 N–H and O–H groups in total. The van der Waals surface area contributed by atoms with Crippen LogP contribution in [0.1, 0.15) is 46.6 Å². The first-order valence-electron chi connectivity index (χ1n) is 20.7. The fourth-order valence-corrected chi connectivity index (χ4v) is 10.5. The Morgan fingerprint density at radius 3 is 2.03 bits per heavy atom. The maximum absolute atomic E-state index is 15.5. The number of fused-ring (bicyclic) bond motifs is 4. The monoisotopic (exact) mass is 921 g/mol. The summed E-state index contributed by atoms with van der Waals surface area (Å²) in [4.78, 5) is 66.8. The van der Waals surface area contributed by atoms with Crippen LogP contribution in [-0.4, -0.2) is 52.8 Å². The van der Waals surface area contributed by atoms with Crippen molar-refractivity contribution in [3.63, 3.8) is 0 Å². The Labute approximate surface area is 381 Å². The molecular formula is C48H40Cl2F3N7O5. The lowest BCUT2D eigenvalue weighted by Gasteiger charge is -2.50. The molecule has 1 saturated carbocycles. The van der Waals surface area contributed by atoms with E-state index in [1.807, 2.05) is 49.3 Å². The Hall–Kier alpha value is -6.58. The summed E-state index contributed by atoms with van der Waals surface area (Å²) in [5.74, 6) is -7.28. The smallest absolute Gasteiger partial charge is 0.417 e. The number of allylic oxidation sites excluding steroid dienone is 2. The van der Waals surface area contributed by atoms with E-state index in [0.717, 1.165) is 10.7 Å². The summed E-state index contributed by atoms with van der Waals surface area (Å²) in [5.41, 5.74) is 4.89. The zero-order valence-corrected chi connectivity index (χ0v) is 36.8. The number of phenols is 1. The summed E-state index contributed by atoms with van der Waals surface area (Å²) in [5, 5.41) is 20.2. The van der Waals surface area contributed by atoms with Crippen LogP contribution < -0.4 is 15.2 Å². The Morgan fingerprint density at radius 2 is 1.45 bits per heavy atom. The number of carbonyl (C=O) groups is 4. The highest BCUT2D eigenvalue weighted by Crippen LogP contribution is 2.64. The van der Waals surface area contributed by atoms with Gasteiger partial charge in [0.2, 0.25) is 11.8 Å². The van der Waals surface area contributed by atoms with Crippen LogP contribution in [0.2, 0.25) is 10.0 Å². The van der Waals surface area contributed by atoms with Gasteiger partial charge in [0.25, 0.3) is 11.8 Å². The maximum atomic E-state index is 15.5. The maximum Gasteiger partial charge on any atom is 0.417 e. The predicted octanol–water partition coefficient (Wildman–Crippen LogP) is 10.4. The van der Waals surface area contributed by atoms with Gasteiger partial charge in [-0.2, -0.15) is 28.4 Å². The summed E-state index contributed by atoms with van der Waals surface area (Å²) in [6.07, 6.45) is -2.22. The van der Waals surface area contributed by atoms with Crippen molar-refractivity contribution in [1.82, 2.24) is 9.99 Å². The third kappa shape index (κ3) is 7.21. The molecule has 3 heterocycles. The summed E-state index contributed by atoms with van der Waals surface area (Å²) < 4.78 is 40.8. The van der Waals surface area contributed by atoms with E-state index in [1.54, 1.807) is 74.5 Å². The number of anilines is 3. The van der Waals surface area contributed by atoms with Gasteiger partial charge in [-0.1, -0.05) is 59.1 Å². The van der Waals surface area contributed by atoms with Gasteiger partial charge in [0.15, 0.2) is 5.82 Å². The van der Waals surface area contributed by atoms with Crippen molar-refractivity contribution in [2.75, 3.05) is 29.3 Å². The van der Waals surface area contributed by atoms with Crippen LogP contribution in [0.3, 0.4) is 0 Å². The number of aromatic hydroxyl groups is 1. The fraction of sp³-hybridized carbons (Fsp3) is 0.271. The number of hydrogen-bond donors (Lipinski definition) is 2. The number of aromatic nitrogens is 1. The van der Waals surface area contributed by atoms with Crippen LogP contribution in [0.4, 0.5) is 41.7 Å². The Kier molecular flexibility index (Phi) is 10.8. The summed E-state index contributed by atoms with van der Waals surface area (Å²) >= 11 is 12.7. The molecule has 0 bridgehead atoms. The van der Waals surface area contributed by atoms with E-state index in [4.69, 9.17) is 23.2 Å². The van der Waals surface area contributed by atoms with Crippen LogP contribution >= 0.6 is 23.2 Å². The van der Waals surface area contributed by atoms with Gasteiger partial charge < -0.3 is 10.0 Å². The summed E-state index contributed by atoms with van der Waals surface area (Å²) in [7, 11) is 3.88. The molecule has 12 nitrogen and oxygen atoms in total. The number of halogens is 5. The number of imide groups is 2. The van der Waals surface area contributed by atoms with Gasteiger partial charge in [-0.05, 0) is 122 Å². The van der Waals surface area contributed by atoms with Crippen molar-refractivity contribution >= 4 is 75.4 Å². The van der Waals surface area contributed by atoms with Crippen molar-refractivity contribution in [2.45, 2.75) is 44.2 Å². The zero-order chi connectivity index (χ0) is 46.3. The lowest BCUT2D eigenvalue weighted by Crippen LogP contribution is -2.53. The topological polar surface area (TPSA) is 148 Å². The first-order valence-corrected chi connectivity index (χ1v) is 21.5. The molecule has 2 aliphatic heterocycles. The fourth-order valence-electron chi connectivity index (χ4n) is 10.2. The van der Waals surface area contributed by atoms with Gasteiger partial charge in [0, 0.05) is 36.9 Å². The highest BCUT2D eigenvalue weighted by atomic mass is 35.5. The van der Waals surface area contributed by atoms with E-state index in [1.165, 1.54) is 4.90 Å². The first kappa shape index (κ1) is 43.7. The quantitative estimate of drug-likeness (QED) is 0.0888. The second kappa shape index (κ2) is 16.1. The minimum atomic E-state index is -4.76. The molecule has 4 aliphatic rings. The molecule has 3 fully saturated rings. The van der Waals surface area contributed by atoms with Crippen molar-refractivity contribution in [2.24, 2.45) is 33.9 Å². The Balaban J connectivity index is 1.12. The Morgan fingerprint density at radius 1 is 0.831 bits per heavy atom. The van der Waals surface area contributed by atoms with E-state index in [-0.39, 0.29) is 24.4 Å². The molecule has 1 aromatic heterocycles. The molecule has 5 aromatic rings. The third-order valence-corrected chi connectivity index (χ3v) is 13.7. The molecular weight excluding hydrogens is 882 g/mol. The molecule has 4 aromatic carbocycles. The number of nitrogens with one attached hydrogen (secondary N) is 1. The minimum absolute atomic E-state index is 0.0365. The standard InChI is InChI=1S/C48H40Cl2F3N7O5/c1-24-19-26(20-25(2)41(24)61)40-34-17-18-35-39(45(64)59(43(35)62)33-15-11-31(12-16-33)56-55-30-9-13-32(14-10-30)58(3)4)36(34)22-37-44(63)60(46(65)47(37,40)27-5-7-29(49)8-6-27)57-42-38(50)21-28(23-54-42)48(51,52)53/h5-17,19-21,23,35-37,39-40,61H,18,22H2,1-4H3,(H,54,57)/t35-,36+,37-,39-,40-,47+/m0/s1. The lowest BCUT2D eigenvalue weighted by atomic mass is 9.49. The van der Waals surface area contributed by atoms with Gasteiger partial charge in [0.05, 0.1) is 50.8 Å². The number of benzene rings is 4. The molecule has 9 rings (SSSR count). The molecule has 0 unspecified atom stereocenters. The SMILES string of the molecule is Cc1cc([C@H]2C3=CC[C@@H]4C(=O)N(c5ccc(N=Nc6ccc(N(C)C)cc6)cc5)C(=O)[C@@H]4[C@@H]3C[C@H]3C(=O)N(Nc4ncc(C(F)(F)F)cc4Cl)C(=O)[C@@]23c2ccc(Cl)cc2)cc(C)c1O. The number of alkyl halides is 3. The van der Waals surface area contributed by atoms with E-state index < -0.39 is 75.4 Å². The largest absolute Gasteiger partial charge is 0.507 e. The number of phenolic OH excluding ortho intramolecular Hbond substituents is 1. The van der Waals surface area contributed by atoms with E-state index >= 15 is 9.59 Å². The molecule has 0 spiro atoms. The third-order valence-electron chi connectivity index (χ3n) is 13.2. The number of nitrogens with zero attached hydrogens (tertiary/aromatic N) is 6. The van der Waals surface area contributed by atoms with Crippen molar-refractivity contribution in [3.05, 3.63) is 147 Å². The van der Waals surface area contributed by atoms with Crippen LogP contribution in [0.25, 0.3) is 0 Å². The number of rotatable bonds is 8. The molecule has 65 heavy (non-hydrogen) atoms. The van der Waals surface area contributed by atoms with E-state index in [9.17, 15) is 27.9 Å². The predicted molar refractivity (Wildman–Crippen MR) is 238 cm³/mol. The second-order valence-electron chi connectivity index (χ2n) is 17.1. The zero-order valence-electron chi connectivity index (χ0n) is 35.3. The highest BCUT2D eigenvalue weighted by Gasteiger charge is 2.70. The minimum Gasteiger partial charge on any atom is -0.507 e. The van der Waals surface area contributed by atoms with Gasteiger partial charge in [-0.25, -0.2) is 4.98 Å². The Bertz CT molecular complexity index is 2830. The van der Waals surface area contributed by atoms with Crippen LogP contribution in [-0.2, 0) is 30.8 Å². The number of hydrazine groups is 1. The average Bonchev–Trinajstić information content (AvgIpc) is 3.65. The number of pyridine rings is 1. The molecule has 17 heteroatoms. The average molecular weight is 923 g/mol. The van der Waals surface area contributed by atoms with Gasteiger partial charge >= 0.3 is 6.18 Å². The lowest BCUT2D eigenvalue weighted by molar-refractivity contribution is -0.139. The molecule has 2 saturated heterocycles. The van der Waals surface area contributed by atoms with Crippen LogP contribution in [0.5, 0.6) is 5.75 Å². The first-order chi connectivity index (χ1) is 30.9. The van der Waals surface area contributed by atoms with Gasteiger partial charge in [-0.15, -0.1) is 0 Å². The number of amides is 4. The number of aryl methyl sites for hydroxylation is 2. The number of hydrogen-bond acceptors (Lipinski definition) is 10. The number of carbonyl (C=O) groups excluding carboxylic acids is 4. The molecule has 332 valence electrons. The van der Waals surface area contributed by atoms with Gasteiger partial charge in [0.1, 0.15) is 5.75 Å². The van der Waals surface area contributed by atoms with Crippen molar-refractivity contribution in [1.29, 1.82) is 0 Å². The van der Waals surface area contributed by atoms with Crippen molar-refractivity contribution < 1.29 is 37.5 Å². The normalized spacial score (nSPS) is 24.0. The highest BCUT2D eigenvalue weighted by molar-refractivity contribution is 6.33. The summed E-state index contributed by atoms with van der Waals surface area (Å²) in [6.45, 7) is 3.42. The summed E-state index contributed by atoms with van der Waals surface area (Å²) in [6, 6.07) is 24.7. The van der Waals surface area contributed by atoms with Crippen LogP contribution in [0.15, 0.2) is 119 Å². The van der Waals surface area contributed by atoms with E-state index in [0.29, 0.717) is 62.2 Å². The molecule has 2 aliphatic carbocycles. The number of azo groups is 1. The van der Waals surface area contributed by atoms with Crippen LogP contribution in [0, 0.1) is 37.5 Å². The van der Waals surface area contributed by atoms with Gasteiger partial charge in [-0.3, -0.25) is 29.5 Å².